The van der Waals surface area contributed by atoms with Gasteiger partial charge < -0.3 is 15.2 Å². The lowest BCUT2D eigenvalue weighted by Crippen LogP contribution is -2.02. The van der Waals surface area contributed by atoms with Gasteiger partial charge in [0.2, 0.25) is 0 Å². The van der Waals surface area contributed by atoms with Gasteiger partial charge in [-0.05, 0) is 29.8 Å². The molecular formula is C18H19N3O2. The van der Waals surface area contributed by atoms with Crippen LogP contribution in [0.4, 0.5) is 0 Å². The van der Waals surface area contributed by atoms with E-state index < -0.39 is 0 Å². The van der Waals surface area contributed by atoms with Crippen LogP contribution in [0.2, 0.25) is 0 Å². The number of nitrogens with zero attached hydrogens (tertiary/aromatic N) is 2. The summed E-state index contributed by atoms with van der Waals surface area (Å²) < 4.78 is 12.7. The number of ether oxygens (including phenoxy) is 2. The zero-order valence-electron chi connectivity index (χ0n) is 13.2. The van der Waals surface area contributed by atoms with Crippen LogP contribution < -0.4 is 15.2 Å². The van der Waals surface area contributed by atoms with Crippen LogP contribution in [0.5, 0.6) is 11.5 Å². The first-order valence-corrected chi connectivity index (χ1v) is 7.32. The number of nitrogens with two attached hydrogens (primary N) is 1. The molecule has 118 valence electrons. The predicted molar refractivity (Wildman–Crippen MR) is 90.0 cm³/mol. The van der Waals surface area contributed by atoms with E-state index in [0.29, 0.717) is 18.0 Å². The van der Waals surface area contributed by atoms with Gasteiger partial charge in [0.15, 0.2) is 11.5 Å². The van der Waals surface area contributed by atoms with Crippen molar-refractivity contribution in [1.29, 1.82) is 0 Å². The number of aromatic nitrogens is 2. The molecule has 0 bridgehead atoms. The van der Waals surface area contributed by atoms with Crippen molar-refractivity contribution in [3.05, 3.63) is 60.4 Å². The largest absolute Gasteiger partial charge is 0.493 e. The van der Waals surface area contributed by atoms with Crippen molar-refractivity contribution in [2.24, 2.45) is 5.73 Å². The van der Waals surface area contributed by atoms with Gasteiger partial charge in [-0.3, -0.25) is 0 Å². The van der Waals surface area contributed by atoms with Gasteiger partial charge in [-0.15, -0.1) is 0 Å². The Bertz CT molecular complexity index is 772. The molecular weight excluding hydrogens is 290 g/mol. The lowest BCUT2D eigenvalue weighted by molar-refractivity contribution is 0.352. The third-order valence-corrected chi connectivity index (χ3v) is 3.71. The van der Waals surface area contributed by atoms with Crippen molar-refractivity contribution in [3.63, 3.8) is 0 Å². The Kier molecular flexibility index (Phi) is 4.30. The summed E-state index contributed by atoms with van der Waals surface area (Å²) in [5.41, 5.74) is 9.73. The molecule has 2 N–H and O–H groups in total. The van der Waals surface area contributed by atoms with E-state index in [-0.39, 0.29) is 0 Å². The molecule has 1 aromatic heterocycles. The maximum Gasteiger partial charge on any atom is 0.165 e. The highest BCUT2D eigenvalue weighted by atomic mass is 16.5. The van der Waals surface area contributed by atoms with E-state index in [1.807, 2.05) is 59.5 Å². The molecule has 0 aliphatic carbocycles. The summed E-state index contributed by atoms with van der Waals surface area (Å²) in [6.07, 6.45) is 3.81. The zero-order valence-corrected chi connectivity index (χ0v) is 13.2. The number of hydrogen-bond donors (Lipinski definition) is 1. The third-order valence-electron chi connectivity index (χ3n) is 3.71. The van der Waals surface area contributed by atoms with Gasteiger partial charge in [0.1, 0.15) is 0 Å². The standard InChI is InChI=1S/C18H19N3O2/c1-22-17-9-13(8-14(10-19)18(17)23-2)15-11-20-21(12-15)16-6-4-3-5-7-16/h3-9,11-12H,10,19H2,1-2H3. The molecule has 0 saturated carbocycles. The van der Waals surface area contributed by atoms with E-state index in [4.69, 9.17) is 15.2 Å². The first kappa shape index (κ1) is 15.1. The summed E-state index contributed by atoms with van der Waals surface area (Å²) >= 11 is 0. The highest BCUT2D eigenvalue weighted by Crippen LogP contribution is 2.36. The molecule has 0 saturated heterocycles. The van der Waals surface area contributed by atoms with Crippen molar-refractivity contribution in [3.8, 4) is 28.3 Å². The summed E-state index contributed by atoms with van der Waals surface area (Å²) in [7, 11) is 3.24. The first-order chi connectivity index (χ1) is 11.3. The molecule has 0 unspecified atom stereocenters. The summed E-state index contributed by atoms with van der Waals surface area (Å²) in [6.45, 7) is 0.375. The highest BCUT2D eigenvalue weighted by molar-refractivity contribution is 5.68. The van der Waals surface area contributed by atoms with Crippen molar-refractivity contribution < 1.29 is 9.47 Å². The Balaban J connectivity index is 2.04. The van der Waals surface area contributed by atoms with E-state index >= 15 is 0 Å². The molecule has 23 heavy (non-hydrogen) atoms. The van der Waals surface area contributed by atoms with E-state index in [9.17, 15) is 0 Å². The minimum absolute atomic E-state index is 0.375. The normalized spacial score (nSPS) is 10.6. The molecule has 1 heterocycles. The van der Waals surface area contributed by atoms with E-state index in [2.05, 4.69) is 5.10 Å². The SMILES string of the molecule is COc1cc(-c2cnn(-c3ccccc3)c2)cc(CN)c1OC. The Morgan fingerprint density at radius 2 is 1.83 bits per heavy atom. The first-order valence-electron chi connectivity index (χ1n) is 7.32. The van der Waals surface area contributed by atoms with Gasteiger partial charge in [-0.1, -0.05) is 18.2 Å². The monoisotopic (exact) mass is 309 g/mol. The van der Waals surface area contributed by atoms with Crippen molar-refractivity contribution in [2.45, 2.75) is 6.54 Å². The lowest BCUT2D eigenvalue weighted by Gasteiger charge is -2.13. The zero-order chi connectivity index (χ0) is 16.2. The molecule has 0 spiro atoms. The van der Waals surface area contributed by atoms with Crippen LogP contribution in [0.1, 0.15) is 5.56 Å². The van der Waals surface area contributed by atoms with Gasteiger partial charge in [-0.25, -0.2) is 4.68 Å². The number of benzene rings is 2. The van der Waals surface area contributed by atoms with Crippen LogP contribution in [0, 0.1) is 0 Å². The Hall–Kier alpha value is -2.79. The maximum atomic E-state index is 5.84. The molecule has 3 rings (SSSR count). The lowest BCUT2D eigenvalue weighted by atomic mass is 10.0. The second-order valence-corrected chi connectivity index (χ2v) is 5.08. The van der Waals surface area contributed by atoms with Crippen LogP contribution in [-0.2, 0) is 6.54 Å². The van der Waals surface area contributed by atoms with E-state index in [1.165, 1.54) is 0 Å². The number of hydrogen-bond acceptors (Lipinski definition) is 4. The second kappa shape index (κ2) is 6.54. The quantitative estimate of drug-likeness (QED) is 0.787. The number of methoxy groups -OCH3 is 2. The van der Waals surface area contributed by atoms with Crippen LogP contribution in [0.15, 0.2) is 54.9 Å². The summed E-state index contributed by atoms with van der Waals surface area (Å²) in [4.78, 5) is 0. The van der Waals surface area contributed by atoms with Crippen LogP contribution in [-0.4, -0.2) is 24.0 Å². The van der Waals surface area contributed by atoms with Crippen LogP contribution in [0.25, 0.3) is 16.8 Å². The van der Waals surface area contributed by atoms with Gasteiger partial charge >= 0.3 is 0 Å². The molecule has 0 aliphatic heterocycles. The Labute approximate surface area is 135 Å². The molecule has 0 aliphatic rings. The maximum absolute atomic E-state index is 5.84. The van der Waals surface area contributed by atoms with E-state index in [1.54, 1.807) is 14.2 Å². The Morgan fingerprint density at radius 1 is 1.04 bits per heavy atom. The van der Waals surface area contributed by atoms with Crippen LogP contribution >= 0.6 is 0 Å². The van der Waals surface area contributed by atoms with Crippen LogP contribution in [0.3, 0.4) is 0 Å². The van der Waals surface area contributed by atoms with Gasteiger partial charge in [0, 0.05) is 23.9 Å². The number of rotatable bonds is 5. The molecule has 0 amide bonds. The van der Waals surface area contributed by atoms with Gasteiger partial charge in [0.25, 0.3) is 0 Å². The Morgan fingerprint density at radius 3 is 2.48 bits per heavy atom. The molecule has 2 aromatic carbocycles. The fourth-order valence-electron chi connectivity index (χ4n) is 2.56. The van der Waals surface area contributed by atoms with Crippen molar-refractivity contribution in [1.82, 2.24) is 9.78 Å². The predicted octanol–water partition coefficient (Wildman–Crippen LogP) is 3.02. The molecule has 3 aromatic rings. The van der Waals surface area contributed by atoms with Gasteiger partial charge in [-0.2, -0.15) is 5.10 Å². The number of para-hydroxylation sites is 1. The minimum atomic E-state index is 0.375. The molecule has 5 nitrogen and oxygen atoms in total. The molecule has 0 fully saturated rings. The highest BCUT2D eigenvalue weighted by Gasteiger charge is 2.13. The second-order valence-electron chi connectivity index (χ2n) is 5.08. The third kappa shape index (κ3) is 2.91. The summed E-state index contributed by atoms with van der Waals surface area (Å²) in [6, 6.07) is 13.9. The average Bonchev–Trinajstić information content (AvgIpc) is 3.11. The summed E-state index contributed by atoms with van der Waals surface area (Å²) in [5.74, 6) is 1.34. The minimum Gasteiger partial charge on any atom is -0.493 e. The summed E-state index contributed by atoms with van der Waals surface area (Å²) in [5, 5.41) is 4.43. The molecule has 5 heteroatoms. The molecule has 0 atom stereocenters. The topological polar surface area (TPSA) is 62.3 Å². The van der Waals surface area contributed by atoms with Crippen molar-refractivity contribution >= 4 is 0 Å². The van der Waals surface area contributed by atoms with Gasteiger partial charge in [0.05, 0.1) is 26.1 Å². The van der Waals surface area contributed by atoms with E-state index in [0.717, 1.165) is 22.4 Å². The molecule has 0 radical (unpaired) electrons. The average molecular weight is 309 g/mol. The fourth-order valence-corrected chi connectivity index (χ4v) is 2.56. The fraction of sp³-hybridized carbons (Fsp3) is 0.167. The van der Waals surface area contributed by atoms with Crippen molar-refractivity contribution in [2.75, 3.05) is 14.2 Å². The smallest absolute Gasteiger partial charge is 0.165 e.